The highest BCUT2D eigenvalue weighted by Gasteiger charge is 2.32. The first-order valence-corrected chi connectivity index (χ1v) is 8.08. The van der Waals surface area contributed by atoms with Gasteiger partial charge in [0.05, 0.1) is 0 Å². The summed E-state index contributed by atoms with van der Waals surface area (Å²) in [6, 6.07) is 2.69. The van der Waals surface area contributed by atoms with E-state index in [0.29, 0.717) is 12.0 Å². The van der Waals surface area contributed by atoms with Crippen LogP contribution in [-0.2, 0) is 6.42 Å². The molecule has 0 saturated carbocycles. The lowest BCUT2D eigenvalue weighted by molar-refractivity contribution is 0.266. The van der Waals surface area contributed by atoms with Gasteiger partial charge < -0.3 is 15.1 Å². The quantitative estimate of drug-likeness (QED) is 0.871. The highest BCUT2D eigenvalue weighted by Crippen LogP contribution is 2.26. The average molecular weight is 291 g/mol. The smallest absolute Gasteiger partial charge is 0.134 e. The molecule has 1 aliphatic heterocycles. The van der Waals surface area contributed by atoms with Crippen molar-refractivity contribution in [3.63, 3.8) is 0 Å². The van der Waals surface area contributed by atoms with Crippen molar-refractivity contribution < 1.29 is 0 Å². The molecular weight excluding hydrogens is 262 g/mol. The van der Waals surface area contributed by atoms with E-state index in [4.69, 9.17) is 4.98 Å². The van der Waals surface area contributed by atoms with Crippen LogP contribution in [0.5, 0.6) is 0 Å². The second-order valence-corrected chi connectivity index (χ2v) is 6.22. The molecule has 0 bridgehead atoms. The van der Waals surface area contributed by atoms with E-state index in [9.17, 15) is 0 Å². The van der Waals surface area contributed by atoms with Crippen LogP contribution in [0.15, 0.2) is 6.07 Å². The first-order valence-electron chi connectivity index (χ1n) is 8.08. The Morgan fingerprint density at radius 3 is 2.62 bits per heavy atom. The molecule has 5 heteroatoms. The summed E-state index contributed by atoms with van der Waals surface area (Å²) in [5, 5.41) is 3.33. The molecule has 0 aliphatic carbocycles. The van der Waals surface area contributed by atoms with Crippen LogP contribution in [0, 0.1) is 5.92 Å². The van der Waals surface area contributed by atoms with Gasteiger partial charge in [0.2, 0.25) is 0 Å². The van der Waals surface area contributed by atoms with Crippen LogP contribution in [-0.4, -0.2) is 54.6 Å². The van der Waals surface area contributed by atoms with Crippen molar-refractivity contribution in [1.29, 1.82) is 0 Å². The van der Waals surface area contributed by atoms with Crippen molar-refractivity contribution in [3.8, 4) is 0 Å². The normalized spacial score (nSPS) is 22.1. The Balaban J connectivity index is 2.22. The number of anilines is 2. The number of nitrogens with one attached hydrogen (secondary N) is 1. The van der Waals surface area contributed by atoms with Gasteiger partial charge in [-0.25, -0.2) is 9.97 Å². The average Bonchev–Trinajstić information content (AvgIpc) is 2.81. The summed E-state index contributed by atoms with van der Waals surface area (Å²) in [5.74, 6) is 3.63. The Hall–Kier alpha value is -1.36. The molecule has 21 heavy (non-hydrogen) atoms. The third-order valence-electron chi connectivity index (χ3n) is 4.15. The van der Waals surface area contributed by atoms with Crippen LogP contribution in [0.4, 0.5) is 11.6 Å². The molecule has 1 saturated heterocycles. The molecule has 2 unspecified atom stereocenters. The molecular formula is C16H29N5. The van der Waals surface area contributed by atoms with E-state index in [-0.39, 0.29) is 0 Å². The number of likely N-dealkylation sites (N-methyl/N-ethyl adjacent to an activating group) is 1. The lowest BCUT2D eigenvalue weighted by Crippen LogP contribution is -2.34. The third kappa shape index (κ3) is 3.84. The largest absolute Gasteiger partial charge is 0.370 e. The molecule has 5 nitrogen and oxygen atoms in total. The molecule has 118 valence electrons. The van der Waals surface area contributed by atoms with Crippen molar-refractivity contribution in [3.05, 3.63) is 11.9 Å². The Bertz CT molecular complexity index is 436. The van der Waals surface area contributed by atoms with Crippen LogP contribution in [0.3, 0.4) is 0 Å². The highest BCUT2D eigenvalue weighted by molar-refractivity contribution is 5.50. The van der Waals surface area contributed by atoms with Gasteiger partial charge in [0, 0.05) is 38.2 Å². The molecule has 1 aliphatic rings. The van der Waals surface area contributed by atoms with Gasteiger partial charge >= 0.3 is 0 Å². The summed E-state index contributed by atoms with van der Waals surface area (Å²) in [7, 11) is 4.33. The lowest BCUT2D eigenvalue weighted by atomic mass is 10.1. The maximum atomic E-state index is 4.77. The highest BCUT2D eigenvalue weighted by atomic mass is 15.3. The van der Waals surface area contributed by atoms with Crippen molar-refractivity contribution >= 4 is 11.6 Å². The first-order chi connectivity index (χ1) is 10.0. The van der Waals surface area contributed by atoms with E-state index in [1.54, 1.807) is 0 Å². The maximum Gasteiger partial charge on any atom is 0.134 e. The van der Waals surface area contributed by atoms with Gasteiger partial charge in [-0.1, -0.05) is 13.8 Å². The summed E-state index contributed by atoms with van der Waals surface area (Å²) in [5.41, 5.74) is 0. The molecule has 1 aromatic rings. The maximum absolute atomic E-state index is 4.77. The van der Waals surface area contributed by atoms with Crippen molar-refractivity contribution in [2.45, 2.75) is 39.7 Å². The minimum atomic E-state index is 0.595. The van der Waals surface area contributed by atoms with Gasteiger partial charge in [-0.2, -0.15) is 0 Å². The van der Waals surface area contributed by atoms with Crippen LogP contribution >= 0.6 is 0 Å². The van der Waals surface area contributed by atoms with E-state index < -0.39 is 0 Å². The Morgan fingerprint density at radius 2 is 2.05 bits per heavy atom. The fraction of sp³-hybridized carbons (Fsp3) is 0.750. The second-order valence-electron chi connectivity index (χ2n) is 6.22. The van der Waals surface area contributed by atoms with Crippen LogP contribution in [0.1, 0.15) is 33.0 Å². The van der Waals surface area contributed by atoms with Crippen LogP contribution in [0.2, 0.25) is 0 Å². The number of hydrogen-bond donors (Lipinski definition) is 1. The number of aryl methyl sites for hydroxylation is 1. The fourth-order valence-corrected chi connectivity index (χ4v) is 3.06. The zero-order chi connectivity index (χ0) is 15.4. The molecule has 1 aromatic heterocycles. The fourth-order valence-electron chi connectivity index (χ4n) is 3.06. The SMILES string of the molecule is CCCc1nc(NCC)cc(N2CC(C)C(N(C)C)C2)n1. The number of hydrogen-bond acceptors (Lipinski definition) is 5. The summed E-state index contributed by atoms with van der Waals surface area (Å²) < 4.78 is 0. The van der Waals surface area contributed by atoms with Gasteiger partial charge in [-0.3, -0.25) is 0 Å². The predicted molar refractivity (Wildman–Crippen MR) is 89.0 cm³/mol. The van der Waals surface area contributed by atoms with Gasteiger partial charge in [0.1, 0.15) is 17.5 Å². The summed E-state index contributed by atoms with van der Waals surface area (Å²) in [6.45, 7) is 9.59. The van der Waals surface area contributed by atoms with Gasteiger partial charge in [0.15, 0.2) is 0 Å². The molecule has 0 amide bonds. The Morgan fingerprint density at radius 1 is 1.29 bits per heavy atom. The number of aromatic nitrogens is 2. The van der Waals surface area contributed by atoms with Crippen molar-refractivity contribution in [2.75, 3.05) is 43.9 Å². The van der Waals surface area contributed by atoms with E-state index in [1.165, 1.54) is 0 Å². The molecule has 1 N–H and O–H groups in total. The van der Waals surface area contributed by atoms with E-state index in [0.717, 1.165) is 49.9 Å². The van der Waals surface area contributed by atoms with E-state index >= 15 is 0 Å². The van der Waals surface area contributed by atoms with Gasteiger partial charge in [-0.05, 0) is 33.4 Å². The van der Waals surface area contributed by atoms with E-state index in [1.807, 2.05) is 0 Å². The summed E-state index contributed by atoms with van der Waals surface area (Å²) >= 11 is 0. The summed E-state index contributed by atoms with van der Waals surface area (Å²) in [6.07, 6.45) is 2.01. The van der Waals surface area contributed by atoms with Crippen LogP contribution in [0.25, 0.3) is 0 Å². The number of nitrogens with zero attached hydrogens (tertiary/aromatic N) is 4. The zero-order valence-corrected chi connectivity index (χ0v) is 14.1. The van der Waals surface area contributed by atoms with Crippen molar-refractivity contribution in [1.82, 2.24) is 14.9 Å². The van der Waals surface area contributed by atoms with Gasteiger partial charge in [-0.15, -0.1) is 0 Å². The molecule has 0 spiro atoms. The first kappa shape index (κ1) is 16.0. The van der Waals surface area contributed by atoms with Crippen molar-refractivity contribution in [2.24, 2.45) is 5.92 Å². The molecule has 2 rings (SSSR count). The Labute approximate surface area is 128 Å². The van der Waals surface area contributed by atoms with E-state index in [2.05, 4.69) is 61.0 Å². The minimum Gasteiger partial charge on any atom is -0.370 e. The monoisotopic (exact) mass is 291 g/mol. The molecule has 2 atom stereocenters. The lowest BCUT2D eigenvalue weighted by Gasteiger charge is -2.23. The topological polar surface area (TPSA) is 44.3 Å². The van der Waals surface area contributed by atoms with Crippen LogP contribution < -0.4 is 10.2 Å². The third-order valence-corrected chi connectivity index (χ3v) is 4.15. The summed E-state index contributed by atoms with van der Waals surface area (Å²) in [4.78, 5) is 14.1. The standard InChI is InChI=1S/C16H29N5/c1-6-8-14-18-15(17-7-2)9-16(19-14)21-10-12(3)13(11-21)20(4)5/h9,12-13H,6-8,10-11H2,1-5H3,(H,17,18,19). The zero-order valence-electron chi connectivity index (χ0n) is 14.1. The molecule has 2 heterocycles. The minimum absolute atomic E-state index is 0.595. The molecule has 1 fully saturated rings. The molecule has 0 radical (unpaired) electrons. The second kappa shape index (κ2) is 7.07. The molecule has 0 aromatic carbocycles. The van der Waals surface area contributed by atoms with Gasteiger partial charge in [0.25, 0.3) is 0 Å². The Kier molecular flexibility index (Phi) is 5.39. The number of rotatable bonds is 6. The predicted octanol–water partition coefficient (Wildman–Crippen LogP) is 2.25.